The molecule has 5 nitrogen and oxygen atoms in total. The molecule has 1 heterocycles. The van der Waals surface area contributed by atoms with E-state index in [1.165, 1.54) is 5.56 Å². The number of benzene rings is 3. The average Bonchev–Trinajstić information content (AvgIpc) is 3.26. The number of aromatic nitrogens is 3. The number of hydrogen-bond acceptors (Lipinski definition) is 4. The van der Waals surface area contributed by atoms with Crippen molar-refractivity contribution < 1.29 is 4.79 Å². The molecule has 0 radical (unpaired) electrons. The molecular weight excluding hydrogens is 579 g/mol. The summed E-state index contributed by atoms with van der Waals surface area (Å²) in [5, 5.41) is 13.3. The van der Waals surface area contributed by atoms with Crippen LogP contribution in [0.5, 0.6) is 0 Å². The van der Waals surface area contributed by atoms with Crippen LogP contribution in [0.15, 0.2) is 76.4 Å². The van der Waals surface area contributed by atoms with E-state index < -0.39 is 0 Å². The molecule has 0 unspecified atom stereocenters. The largest absolute Gasteiger partial charge is 0.345 e. The highest BCUT2D eigenvalue weighted by atomic mass is 79.9. The van der Waals surface area contributed by atoms with Crippen LogP contribution in [0.25, 0.3) is 5.69 Å². The summed E-state index contributed by atoms with van der Waals surface area (Å²) in [4.78, 5) is 12.9. The van der Waals surface area contributed by atoms with Gasteiger partial charge in [0, 0.05) is 15.8 Å². The molecule has 1 N–H and O–H groups in total. The molecule has 0 atom stereocenters. The molecular formula is C27H25BrCl2N4OS. The first kappa shape index (κ1) is 26.7. The minimum atomic E-state index is -0.178. The van der Waals surface area contributed by atoms with Crippen molar-refractivity contribution in [2.45, 2.75) is 43.6 Å². The van der Waals surface area contributed by atoms with Crippen LogP contribution in [0.3, 0.4) is 0 Å². The Bertz CT molecular complexity index is 1370. The van der Waals surface area contributed by atoms with E-state index in [-0.39, 0.29) is 17.9 Å². The Morgan fingerprint density at radius 3 is 2.31 bits per heavy atom. The van der Waals surface area contributed by atoms with Crippen molar-refractivity contribution in [1.29, 1.82) is 0 Å². The maximum absolute atomic E-state index is 12.9. The molecule has 0 saturated carbocycles. The maximum Gasteiger partial charge on any atom is 0.251 e. The number of carbonyl (C=O) groups is 1. The van der Waals surface area contributed by atoms with Gasteiger partial charge in [-0.3, -0.25) is 9.36 Å². The van der Waals surface area contributed by atoms with Gasteiger partial charge in [-0.05, 0) is 59.0 Å². The van der Waals surface area contributed by atoms with Gasteiger partial charge in [-0.15, -0.1) is 10.2 Å². The second kappa shape index (κ2) is 11.4. The Morgan fingerprint density at radius 2 is 1.67 bits per heavy atom. The second-order valence-electron chi connectivity index (χ2n) is 9.26. The first-order chi connectivity index (χ1) is 17.1. The predicted octanol–water partition coefficient (Wildman–Crippen LogP) is 7.86. The van der Waals surface area contributed by atoms with Gasteiger partial charge in [0.25, 0.3) is 5.91 Å². The van der Waals surface area contributed by atoms with Crippen molar-refractivity contribution in [1.82, 2.24) is 20.1 Å². The summed E-state index contributed by atoms with van der Waals surface area (Å²) >= 11 is 17.5. The van der Waals surface area contributed by atoms with Gasteiger partial charge >= 0.3 is 0 Å². The quantitative estimate of drug-likeness (QED) is 0.218. The van der Waals surface area contributed by atoms with Crippen LogP contribution in [0.2, 0.25) is 10.0 Å². The zero-order chi connectivity index (χ0) is 25.9. The van der Waals surface area contributed by atoms with Crippen LogP contribution in [0, 0.1) is 0 Å². The van der Waals surface area contributed by atoms with Gasteiger partial charge in [0.1, 0.15) is 0 Å². The van der Waals surface area contributed by atoms with Crippen LogP contribution in [-0.4, -0.2) is 20.7 Å². The van der Waals surface area contributed by atoms with Crippen molar-refractivity contribution >= 4 is 56.8 Å². The highest BCUT2D eigenvalue weighted by Crippen LogP contribution is 2.30. The Hall–Kier alpha value is -2.32. The monoisotopic (exact) mass is 602 g/mol. The molecule has 1 aromatic heterocycles. The summed E-state index contributed by atoms with van der Waals surface area (Å²) in [5.74, 6) is 1.12. The van der Waals surface area contributed by atoms with Gasteiger partial charge in [-0.2, -0.15) is 0 Å². The number of nitrogens with one attached hydrogen (secondary N) is 1. The molecule has 4 aromatic rings. The molecule has 9 heteroatoms. The summed E-state index contributed by atoms with van der Waals surface area (Å²) in [6.45, 7) is 6.63. The summed E-state index contributed by atoms with van der Waals surface area (Å²) < 4.78 is 2.93. The van der Waals surface area contributed by atoms with Crippen molar-refractivity contribution in [3.05, 3.63) is 104 Å². The molecule has 186 valence electrons. The lowest BCUT2D eigenvalue weighted by Gasteiger charge is -2.19. The minimum absolute atomic E-state index is 0.0234. The zero-order valence-corrected chi connectivity index (χ0v) is 24.0. The molecule has 0 saturated heterocycles. The van der Waals surface area contributed by atoms with Crippen LogP contribution >= 0.6 is 50.9 Å². The van der Waals surface area contributed by atoms with Crippen molar-refractivity contribution in [3.63, 3.8) is 0 Å². The Balaban J connectivity index is 1.56. The Labute approximate surface area is 233 Å². The molecule has 0 aliphatic heterocycles. The lowest BCUT2D eigenvalue weighted by molar-refractivity contribution is 0.0949. The number of thioether (sulfide) groups is 1. The third-order valence-corrected chi connectivity index (χ3v) is 7.83. The van der Waals surface area contributed by atoms with Gasteiger partial charge in [-0.25, -0.2) is 0 Å². The van der Waals surface area contributed by atoms with Crippen molar-refractivity contribution in [2.75, 3.05) is 0 Å². The van der Waals surface area contributed by atoms with Gasteiger partial charge in [-0.1, -0.05) is 95.9 Å². The van der Waals surface area contributed by atoms with E-state index in [0.29, 0.717) is 32.3 Å². The summed E-state index contributed by atoms with van der Waals surface area (Å²) in [5.41, 5.74) is 3.71. The third-order valence-electron chi connectivity index (χ3n) is 5.56. The zero-order valence-electron chi connectivity index (χ0n) is 20.1. The fraction of sp³-hybridized carbons (Fsp3) is 0.222. The maximum atomic E-state index is 12.9. The first-order valence-electron chi connectivity index (χ1n) is 11.3. The first-order valence-corrected chi connectivity index (χ1v) is 13.8. The van der Waals surface area contributed by atoms with E-state index in [1.54, 1.807) is 23.9 Å². The highest BCUT2D eigenvalue weighted by molar-refractivity contribution is 9.10. The molecule has 0 fully saturated rings. The number of amides is 1. The fourth-order valence-electron chi connectivity index (χ4n) is 3.50. The van der Waals surface area contributed by atoms with Crippen LogP contribution in [0.4, 0.5) is 0 Å². The summed E-state index contributed by atoms with van der Waals surface area (Å²) in [7, 11) is 0. The van der Waals surface area contributed by atoms with Crippen molar-refractivity contribution in [2.24, 2.45) is 0 Å². The van der Waals surface area contributed by atoms with Crippen LogP contribution < -0.4 is 5.32 Å². The lowest BCUT2D eigenvalue weighted by atomic mass is 9.87. The molecule has 36 heavy (non-hydrogen) atoms. The average molecular weight is 604 g/mol. The number of halogens is 3. The van der Waals surface area contributed by atoms with E-state index in [4.69, 9.17) is 23.2 Å². The lowest BCUT2D eigenvalue weighted by Crippen LogP contribution is -2.25. The molecule has 3 aromatic carbocycles. The molecule has 4 rings (SSSR count). The van der Waals surface area contributed by atoms with Gasteiger partial charge < -0.3 is 5.32 Å². The summed E-state index contributed by atoms with van der Waals surface area (Å²) in [6, 6.07) is 21.2. The number of nitrogens with zero attached hydrogens (tertiary/aromatic N) is 3. The van der Waals surface area contributed by atoms with E-state index in [9.17, 15) is 4.79 Å². The normalized spacial score (nSPS) is 11.5. The molecule has 0 bridgehead atoms. The van der Waals surface area contributed by atoms with E-state index in [1.807, 2.05) is 47.0 Å². The molecule has 1 amide bonds. The van der Waals surface area contributed by atoms with Crippen LogP contribution in [-0.2, 0) is 17.7 Å². The third kappa shape index (κ3) is 6.51. The van der Waals surface area contributed by atoms with E-state index in [2.05, 4.69) is 64.3 Å². The van der Waals surface area contributed by atoms with Gasteiger partial charge in [0.15, 0.2) is 11.0 Å². The molecule has 0 aliphatic carbocycles. The minimum Gasteiger partial charge on any atom is -0.345 e. The summed E-state index contributed by atoms with van der Waals surface area (Å²) in [6.07, 6.45) is 0. The SMILES string of the molecule is CC(C)(C)c1ccc(C(=O)NCc2nnc(SCc3ccc(Br)cc3)n2-c2ccc(Cl)c(Cl)c2)cc1. The number of carbonyl (C=O) groups excluding carboxylic acids is 1. The Morgan fingerprint density at radius 1 is 0.972 bits per heavy atom. The van der Waals surface area contributed by atoms with Crippen molar-refractivity contribution in [3.8, 4) is 5.69 Å². The van der Waals surface area contributed by atoms with Crippen LogP contribution in [0.1, 0.15) is 48.1 Å². The van der Waals surface area contributed by atoms with E-state index in [0.717, 1.165) is 15.7 Å². The highest BCUT2D eigenvalue weighted by Gasteiger charge is 2.18. The van der Waals surface area contributed by atoms with Gasteiger partial charge in [0.2, 0.25) is 0 Å². The van der Waals surface area contributed by atoms with Gasteiger partial charge in [0.05, 0.1) is 22.3 Å². The predicted molar refractivity (Wildman–Crippen MR) is 151 cm³/mol. The molecule has 0 spiro atoms. The fourth-order valence-corrected chi connectivity index (χ4v) is 4.99. The number of rotatable bonds is 7. The van der Waals surface area contributed by atoms with E-state index >= 15 is 0 Å². The smallest absolute Gasteiger partial charge is 0.251 e. The standard InChI is InChI=1S/C27H25BrCl2N4OS/c1-27(2,3)19-8-6-18(7-9-19)25(35)31-15-24-32-33-26(36-16-17-4-10-20(28)11-5-17)34(24)21-12-13-22(29)23(30)14-21/h4-14H,15-16H2,1-3H3,(H,31,35). The number of hydrogen-bond donors (Lipinski definition) is 1. The Kier molecular flexibility index (Phi) is 8.45. The topological polar surface area (TPSA) is 59.8 Å². The molecule has 0 aliphatic rings. The second-order valence-corrected chi connectivity index (χ2v) is 11.9.